The summed E-state index contributed by atoms with van der Waals surface area (Å²) in [5.41, 5.74) is 3.44. The van der Waals surface area contributed by atoms with Crippen molar-refractivity contribution in [2.45, 2.75) is 13.8 Å². The SMILES string of the molecule is Cc1ccc(N2C(=O)/C(=C\c3cccc(Oc4nc(Cl)ncc4F)c3)C(=O)N(c3ccccc3)C2=S)cc1C. The smallest absolute Gasteiger partial charge is 0.270 e. The van der Waals surface area contributed by atoms with Crippen LogP contribution in [0.4, 0.5) is 15.8 Å². The maximum Gasteiger partial charge on any atom is 0.270 e. The van der Waals surface area contributed by atoms with Crippen LogP contribution in [0.25, 0.3) is 6.08 Å². The fourth-order valence-corrected chi connectivity index (χ4v) is 4.48. The zero-order valence-electron chi connectivity index (χ0n) is 20.8. The van der Waals surface area contributed by atoms with Crippen molar-refractivity contribution in [3.63, 3.8) is 0 Å². The van der Waals surface area contributed by atoms with Crippen molar-refractivity contribution in [1.29, 1.82) is 0 Å². The van der Waals surface area contributed by atoms with Gasteiger partial charge in [-0.1, -0.05) is 36.4 Å². The third-order valence-electron chi connectivity index (χ3n) is 6.08. The van der Waals surface area contributed by atoms with Crippen molar-refractivity contribution >= 4 is 58.2 Å². The number of hydrogen-bond acceptors (Lipinski definition) is 6. The first-order valence-corrected chi connectivity index (χ1v) is 12.5. The first-order valence-electron chi connectivity index (χ1n) is 11.8. The summed E-state index contributed by atoms with van der Waals surface area (Å²) in [5.74, 6) is -2.07. The van der Waals surface area contributed by atoms with Crippen LogP contribution >= 0.6 is 23.8 Å². The Morgan fingerprint density at radius 2 is 1.62 bits per heavy atom. The lowest BCUT2D eigenvalue weighted by molar-refractivity contribution is -0.120. The number of benzene rings is 3. The molecule has 4 aromatic rings. The molecular weight excluding hydrogens is 539 g/mol. The van der Waals surface area contributed by atoms with Gasteiger partial charge in [0, 0.05) is 0 Å². The molecule has 2 heterocycles. The number of halogens is 2. The molecule has 0 spiro atoms. The molecule has 0 bridgehead atoms. The quantitative estimate of drug-likeness (QED) is 0.122. The van der Waals surface area contributed by atoms with Crippen LogP contribution in [0.5, 0.6) is 11.6 Å². The molecule has 7 nitrogen and oxygen atoms in total. The summed E-state index contributed by atoms with van der Waals surface area (Å²) in [6, 6.07) is 20.9. The lowest BCUT2D eigenvalue weighted by atomic mass is 10.0. The molecule has 5 rings (SSSR count). The Balaban J connectivity index is 1.58. The van der Waals surface area contributed by atoms with Gasteiger partial charge >= 0.3 is 0 Å². The minimum Gasteiger partial charge on any atom is -0.436 e. The second-order valence-electron chi connectivity index (χ2n) is 8.69. The van der Waals surface area contributed by atoms with Crippen LogP contribution in [0, 0.1) is 19.7 Å². The van der Waals surface area contributed by atoms with Crippen LogP contribution in [0.1, 0.15) is 16.7 Å². The van der Waals surface area contributed by atoms with Crippen molar-refractivity contribution in [3.05, 3.63) is 112 Å². The van der Waals surface area contributed by atoms with E-state index in [1.165, 1.54) is 15.9 Å². The molecular formula is C29H20ClFN4O3S. The largest absolute Gasteiger partial charge is 0.436 e. The molecule has 1 saturated heterocycles. The number of aromatic nitrogens is 2. The molecule has 0 unspecified atom stereocenters. The zero-order valence-corrected chi connectivity index (χ0v) is 22.3. The van der Waals surface area contributed by atoms with Crippen molar-refractivity contribution in [1.82, 2.24) is 9.97 Å². The van der Waals surface area contributed by atoms with Gasteiger partial charge in [0.2, 0.25) is 11.1 Å². The standard InChI is InChI=1S/C29H20ClFN4O3S/c1-17-11-12-21(13-18(17)2)35-27(37)23(26(36)34(29(35)39)20-8-4-3-5-9-20)15-19-7-6-10-22(14-19)38-25-24(31)16-32-28(30)33-25/h3-16H,1-2H3/b23-15-. The molecule has 10 heteroatoms. The van der Waals surface area contributed by atoms with Gasteiger partial charge in [-0.3, -0.25) is 19.4 Å². The van der Waals surface area contributed by atoms with Gasteiger partial charge in [0.05, 0.1) is 17.6 Å². The molecule has 39 heavy (non-hydrogen) atoms. The van der Waals surface area contributed by atoms with E-state index >= 15 is 0 Å². The molecule has 0 radical (unpaired) electrons. The molecule has 1 fully saturated rings. The Hall–Kier alpha value is -4.47. The van der Waals surface area contributed by atoms with Crippen molar-refractivity contribution in [2.75, 3.05) is 9.80 Å². The molecule has 194 valence electrons. The summed E-state index contributed by atoms with van der Waals surface area (Å²) in [4.78, 5) is 37.5. The van der Waals surface area contributed by atoms with Crippen LogP contribution in [0.3, 0.4) is 0 Å². The van der Waals surface area contributed by atoms with Gasteiger partial charge < -0.3 is 4.74 Å². The monoisotopic (exact) mass is 558 g/mol. The normalized spacial score (nSPS) is 14.8. The molecule has 1 aromatic heterocycles. The summed E-state index contributed by atoms with van der Waals surface area (Å²) in [6.07, 6.45) is 2.35. The minimum absolute atomic E-state index is 0.0461. The lowest BCUT2D eigenvalue weighted by Crippen LogP contribution is -2.57. The van der Waals surface area contributed by atoms with Crippen LogP contribution in [-0.4, -0.2) is 26.9 Å². The molecule has 3 aromatic carbocycles. The Bertz CT molecular complexity index is 1660. The Morgan fingerprint density at radius 1 is 0.897 bits per heavy atom. The molecule has 0 saturated carbocycles. The van der Waals surface area contributed by atoms with Gasteiger partial charge in [-0.2, -0.15) is 9.37 Å². The zero-order chi connectivity index (χ0) is 27.7. The second-order valence-corrected chi connectivity index (χ2v) is 9.40. The lowest BCUT2D eigenvalue weighted by Gasteiger charge is -2.36. The van der Waals surface area contributed by atoms with E-state index in [4.69, 9.17) is 28.6 Å². The van der Waals surface area contributed by atoms with Crippen LogP contribution in [-0.2, 0) is 9.59 Å². The number of para-hydroxylation sites is 1. The van der Waals surface area contributed by atoms with E-state index in [-0.39, 0.29) is 27.6 Å². The maximum absolute atomic E-state index is 14.1. The fraction of sp³-hybridized carbons (Fsp3) is 0.0690. The summed E-state index contributed by atoms with van der Waals surface area (Å²) in [5, 5.41) is -0.128. The van der Waals surface area contributed by atoms with Gasteiger partial charge in [-0.15, -0.1) is 0 Å². The topological polar surface area (TPSA) is 75.6 Å². The van der Waals surface area contributed by atoms with E-state index in [1.807, 2.05) is 32.0 Å². The number of thiocarbonyl (C=S) groups is 1. The first-order chi connectivity index (χ1) is 18.7. The number of ether oxygens (including phenoxy) is 1. The van der Waals surface area contributed by atoms with E-state index in [0.29, 0.717) is 16.9 Å². The average molecular weight is 559 g/mol. The number of amides is 2. The number of aryl methyl sites for hydroxylation is 2. The van der Waals surface area contributed by atoms with Gasteiger partial charge in [-0.25, -0.2) is 4.98 Å². The summed E-state index contributed by atoms with van der Waals surface area (Å²) >= 11 is 11.4. The van der Waals surface area contributed by atoms with Crippen LogP contribution in [0.15, 0.2) is 84.6 Å². The number of carbonyl (C=O) groups excluding carboxylic acids is 2. The Morgan fingerprint density at radius 3 is 2.33 bits per heavy atom. The molecule has 0 atom stereocenters. The van der Waals surface area contributed by atoms with Crippen molar-refractivity contribution in [3.8, 4) is 11.6 Å². The molecule has 0 aliphatic carbocycles. The average Bonchev–Trinajstić information content (AvgIpc) is 2.92. The molecule has 2 amide bonds. The number of hydrogen-bond donors (Lipinski definition) is 0. The van der Waals surface area contributed by atoms with E-state index in [9.17, 15) is 14.0 Å². The highest BCUT2D eigenvalue weighted by Gasteiger charge is 2.41. The highest BCUT2D eigenvalue weighted by molar-refractivity contribution is 7.81. The summed E-state index contributed by atoms with van der Waals surface area (Å²) < 4.78 is 19.6. The van der Waals surface area contributed by atoms with E-state index < -0.39 is 17.6 Å². The fourth-order valence-electron chi connectivity index (χ4n) is 3.98. The highest BCUT2D eigenvalue weighted by atomic mass is 35.5. The van der Waals surface area contributed by atoms with E-state index in [1.54, 1.807) is 54.6 Å². The van der Waals surface area contributed by atoms with E-state index in [2.05, 4.69) is 9.97 Å². The molecule has 1 aliphatic rings. The van der Waals surface area contributed by atoms with Gasteiger partial charge in [-0.05, 0) is 96.8 Å². The van der Waals surface area contributed by atoms with Gasteiger partial charge in [0.25, 0.3) is 17.7 Å². The predicted molar refractivity (Wildman–Crippen MR) is 151 cm³/mol. The van der Waals surface area contributed by atoms with Crippen LogP contribution < -0.4 is 14.5 Å². The number of carbonyl (C=O) groups is 2. The van der Waals surface area contributed by atoms with Gasteiger partial charge in [0.15, 0.2) is 5.11 Å². The maximum atomic E-state index is 14.1. The van der Waals surface area contributed by atoms with Crippen molar-refractivity contribution < 1.29 is 18.7 Å². The number of anilines is 2. The molecule has 0 N–H and O–H groups in total. The number of rotatable bonds is 5. The number of nitrogens with zero attached hydrogens (tertiary/aromatic N) is 4. The second kappa shape index (κ2) is 10.7. The first kappa shape index (κ1) is 26.1. The minimum atomic E-state index is -0.795. The third kappa shape index (κ3) is 5.27. The van der Waals surface area contributed by atoms with Crippen LogP contribution in [0.2, 0.25) is 5.28 Å². The summed E-state index contributed by atoms with van der Waals surface area (Å²) in [7, 11) is 0. The summed E-state index contributed by atoms with van der Waals surface area (Å²) in [6.45, 7) is 3.91. The van der Waals surface area contributed by atoms with Crippen molar-refractivity contribution in [2.24, 2.45) is 0 Å². The van der Waals surface area contributed by atoms with Gasteiger partial charge in [0.1, 0.15) is 11.3 Å². The Labute approximate surface area is 234 Å². The van der Waals surface area contributed by atoms with E-state index in [0.717, 1.165) is 17.3 Å². The molecule has 1 aliphatic heterocycles. The third-order valence-corrected chi connectivity index (χ3v) is 6.63. The Kier molecular flexibility index (Phi) is 7.19. The highest BCUT2D eigenvalue weighted by Crippen LogP contribution is 2.31. The predicted octanol–water partition coefficient (Wildman–Crippen LogP) is 6.43.